The number of hydrogen-bond acceptors (Lipinski definition) is 2. The van der Waals surface area contributed by atoms with Gasteiger partial charge in [-0.05, 0) is 48.4 Å². The zero-order valence-corrected chi connectivity index (χ0v) is 18.8. The molecule has 0 amide bonds. The van der Waals surface area contributed by atoms with Gasteiger partial charge in [-0.3, -0.25) is 4.21 Å². The van der Waals surface area contributed by atoms with Crippen molar-refractivity contribution in [3.63, 3.8) is 0 Å². The topological polar surface area (TPSA) is 59.3 Å². The third kappa shape index (κ3) is 3.53. The molecule has 1 fully saturated rings. The number of carbonyl (C=O) groups is 1. The Labute approximate surface area is 185 Å². The molecule has 4 nitrogen and oxygen atoms in total. The molecule has 2 aromatic carbocycles. The summed E-state index contributed by atoms with van der Waals surface area (Å²) in [5.74, 6) is 0.223. The van der Waals surface area contributed by atoms with Crippen LogP contribution in [0.3, 0.4) is 0 Å². The van der Waals surface area contributed by atoms with Crippen LogP contribution in [0.2, 0.25) is 0 Å². The highest BCUT2D eigenvalue weighted by atomic mass is 32.2. The minimum Gasteiger partial charge on any atom is -0.478 e. The zero-order valence-electron chi connectivity index (χ0n) is 18.0. The van der Waals surface area contributed by atoms with E-state index in [1.54, 1.807) is 6.07 Å². The SMILES string of the molecule is CCS(=O)C1Cc2ccccc2-c2c(C3CCCCC3)c3ccc(C(=O)O)cc3n2C1. The van der Waals surface area contributed by atoms with Crippen LogP contribution in [0, 0.1) is 0 Å². The van der Waals surface area contributed by atoms with Crippen molar-refractivity contribution in [3.05, 3.63) is 59.2 Å². The summed E-state index contributed by atoms with van der Waals surface area (Å²) in [5, 5.41) is 10.8. The molecule has 5 heteroatoms. The van der Waals surface area contributed by atoms with E-state index >= 15 is 0 Å². The molecule has 31 heavy (non-hydrogen) atoms. The fraction of sp³-hybridized carbons (Fsp3) is 0.423. The normalized spacial score (nSPS) is 20.1. The lowest BCUT2D eigenvalue weighted by Crippen LogP contribution is -2.24. The molecule has 1 aromatic heterocycles. The number of aromatic nitrogens is 1. The van der Waals surface area contributed by atoms with Crippen molar-refractivity contribution in [2.24, 2.45) is 0 Å². The van der Waals surface area contributed by atoms with Gasteiger partial charge in [-0.2, -0.15) is 0 Å². The Morgan fingerprint density at radius 2 is 1.90 bits per heavy atom. The van der Waals surface area contributed by atoms with E-state index in [2.05, 4.69) is 28.8 Å². The summed E-state index contributed by atoms with van der Waals surface area (Å²) >= 11 is 0. The molecule has 5 rings (SSSR count). The fourth-order valence-corrected chi connectivity index (χ4v) is 6.80. The average Bonchev–Trinajstić information content (AvgIpc) is 3.01. The van der Waals surface area contributed by atoms with E-state index in [-0.39, 0.29) is 5.25 Å². The van der Waals surface area contributed by atoms with Crippen molar-refractivity contribution < 1.29 is 14.1 Å². The van der Waals surface area contributed by atoms with Crippen LogP contribution in [0.4, 0.5) is 0 Å². The molecular formula is C26H29NO3S. The third-order valence-electron chi connectivity index (χ3n) is 7.13. The summed E-state index contributed by atoms with van der Waals surface area (Å²) < 4.78 is 15.3. The first-order valence-corrected chi connectivity index (χ1v) is 12.8. The molecule has 2 unspecified atom stereocenters. The number of benzene rings is 2. The Morgan fingerprint density at radius 1 is 1.13 bits per heavy atom. The van der Waals surface area contributed by atoms with E-state index in [4.69, 9.17) is 0 Å². The quantitative estimate of drug-likeness (QED) is 0.568. The largest absolute Gasteiger partial charge is 0.478 e. The highest BCUT2D eigenvalue weighted by Gasteiger charge is 2.32. The van der Waals surface area contributed by atoms with E-state index in [9.17, 15) is 14.1 Å². The van der Waals surface area contributed by atoms with Gasteiger partial charge in [0.25, 0.3) is 0 Å². The van der Waals surface area contributed by atoms with Gasteiger partial charge in [-0.25, -0.2) is 4.79 Å². The van der Waals surface area contributed by atoms with E-state index in [0.29, 0.717) is 23.8 Å². The van der Waals surface area contributed by atoms with Crippen LogP contribution < -0.4 is 0 Å². The zero-order chi connectivity index (χ0) is 21.5. The van der Waals surface area contributed by atoms with Gasteiger partial charge in [0.1, 0.15) is 0 Å². The lowest BCUT2D eigenvalue weighted by atomic mass is 9.81. The van der Waals surface area contributed by atoms with E-state index in [0.717, 1.165) is 11.9 Å². The molecule has 2 aliphatic rings. The van der Waals surface area contributed by atoms with E-state index < -0.39 is 16.8 Å². The second-order valence-electron chi connectivity index (χ2n) is 8.90. The molecule has 0 spiro atoms. The van der Waals surface area contributed by atoms with Crippen LogP contribution in [0.25, 0.3) is 22.2 Å². The number of hydrogen-bond donors (Lipinski definition) is 1. The number of fused-ring (bicyclic) bond motifs is 5. The fourth-order valence-electron chi connectivity index (χ4n) is 5.65. The van der Waals surface area contributed by atoms with Crippen molar-refractivity contribution in [2.75, 3.05) is 5.75 Å². The summed E-state index contributed by atoms with van der Waals surface area (Å²) in [5.41, 5.74) is 6.38. The van der Waals surface area contributed by atoms with Crippen molar-refractivity contribution in [1.29, 1.82) is 0 Å². The van der Waals surface area contributed by atoms with Gasteiger partial charge in [0.15, 0.2) is 0 Å². The van der Waals surface area contributed by atoms with Gasteiger partial charge in [-0.1, -0.05) is 56.5 Å². The van der Waals surface area contributed by atoms with Crippen LogP contribution >= 0.6 is 0 Å². The van der Waals surface area contributed by atoms with Gasteiger partial charge >= 0.3 is 5.97 Å². The molecule has 1 aliphatic carbocycles. The first-order valence-electron chi connectivity index (χ1n) is 11.4. The Kier molecular flexibility index (Phi) is 5.47. The molecule has 0 saturated heterocycles. The first-order chi connectivity index (χ1) is 15.1. The smallest absolute Gasteiger partial charge is 0.335 e. The molecule has 1 saturated carbocycles. The summed E-state index contributed by atoms with van der Waals surface area (Å²) in [4.78, 5) is 11.7. The molecule has 1 aliphatic heterocycles. The highest BCUT2D eigenvalue weighted by Crippen LogP contribution is 2.46. The van der Waals surface area contributed by atoms with Crippen LogP contribution in [0.1, 0.15) is 66.4 Å². The van der Waals surface area contributed by atoms with Gasteiger partial charge in [-0.15, -0.1) is 0 Å². The number of rotatable bonds is 4. The molecule has 3 aromatic rings. The summed E-state index contributed by atoms with van der Waals surface area (Å²) in [7, 11) is -0.929. The number of carboxylic acid groups (broad SMARTS) is 1. The highest BCUT2D eigenvalue weighted by molar-refractivity contribution is 7.85. The Bertz CT molecular complexity index is 1170. The molecule has 1 N–H and O–H groups in total. The van der Waals surface area contributed by atoms with Gasteiger partial charge in [0.2, 0.25) is 0 Å². The second-order valence-corrected chi connectivity index (χ2v) is 10.9. The monoisotopic (exact) mass is 435 g/mol. The summed E-state index contributed by atoms with van der Waals surface area (Å²) in [6.07, 6.45) is 6.94. The molecule has 2 atom stereocenters. The standard InChI is InChI=1S/C26H29NO3S/c1-2-31(30)20-14-18-10-6-7-11-21(18)25-24(17-8-4-3-5-9-17)22-13-12-19(26(28)29)15-23(22)27(25)16-20/h6-7,10-13,15,17,20H,2-5,8-9,14,16H2,1H3,(H,28,29). The Morgan fingerprint density at radius 3 is 2.65 bits per heavy atom. The molecular weight excluding hydrogens is 406 g/mol. The lowest BCUT2D eigenvalue weighted by molar-refractivity contribution is 0.0697. The van der Waals surface area contributed by atoms with Gasteiger partial charge < -0.3 is 9.67 Å². The van der Waals surface area contributed by atoms with Crippen molar-refractivity contribution in [2.45, 2.75) is 63.2 Å². The molecule has 0 bridgehead atoms. The summed E-state index contributed by atoms with van der Waals surface area (Å²) in [6, 6.07) is 14.1. The maximum Gasteiger partial charge on any atom is 0.335 e. The van der Waals surface area contributed by atoms with Crippen LogP contribution in [0.5, 0.6) is 0 Å². The third-order valence-corrected chi connectivity index (χ3v) is 8.76. The predicted molar refractivity (Wildman–Crippen MR) is 126 cm³/mol. The Balaban J connectivity index is 1.83. The van der Waals surface area contributed by atoms with Crippen molar-refractivity contribution >= 4 is 27.7 Å². The summed E-state index contributed by atoms with van der Waals surface area (Å²) in [6.45, 7) is 2.65. The molecule has 0 radical (unpaired) electrons. The van der Waals surface area contributed by atoms with Crippen LogP contribution in [-0.4, -0.2) is 30.9 Å². The van der Waals surface area contributed by atoms with Gasteiger partial charge in [0.05, 0.1) is 16.5 Å². The molecule has 162 valence electrons. The van der Waals surface area contributed by atoms with Gasteiger partial charge in [0, 0.05) is 39.6 Å². The van der Waals surface area contributed by atoms with Crippen molar-refractivity contribution in [1.82, 2.24) is 4.57 Å². The average molecular weight is 436 g/mol. The first kappa shape index (κ1) is 20.5. The van der Waals surface area contributed by atoms with Crippen molar-refractivity contribution in [3.8, 4) is 11.3 Å². The Hall–Kier alpha value is -2.40. The number of aromatic carboxylic acids is 1. The maximum absolute atomic E-state index is 13.0. The predicted octanol–water partition coefficient (Wildman–Crippen LogP) is 5.75. The minimum absolute atomic E-state index is 0.0238. The van der Waals surface area contributed by atoms with E-state index in [1.807, 2.05) is 19.1 Å². The van der Waals surface area contributed by atoms with Crippen LogP contribution in [0.15, 0.2) is 42.5 Å². The lowest BCUT2D eigenvalue weighted by Gasteiger charge is -2.24. The number of carboxylic acids is 1. The van der Waals surface area contributed by atoms with E-state index in [1.165, 1.54) is 59.9 Å². The second kappa shape index (κ2) is 8.27. The minimum atomic E-state index is -0.929. The molecule has 2 heterocycles. The number of nitrogens with zero attached hydrogens (tertiary/aromatic N) is 1. The van der Waals surface area contributed by atoms with Crippen LogP contribution in [-0.2, 0) is 23.8 Å². The maximum atomic E-state index is 13.0.